The normalized spacial score (nSPS) is 15.2. The Balaban J connectivity index is 1.84. The molecule has 4 nitrogen and oxygen atoms in total. The van der Waals surface area contributed by atoms with Crippen molar-refractivity contribution in [3.8, 4) is 0 Å². The highest BCUT2D eigenvalue weighted by atomic mass is 32.1. The van der Waals surface area contributed by atoms with Crippen LogP contribution >= 0.6 is 11.3 Å². The molecule has 1 saturated carbocycles. The molecule has 0 unspecified atom stereocenters. The molecule has 0 radical (unpaired) electrons. The van der Waals surface area contributed by atoms with E-state index in [1.54, 1.807) is 11.3 Å². The molecule has 2 amide bonds. The van der Waals surface area contributed by atoms with Crippen LogP contribution in [0.1, 0.15) is 50.7 Å². The number of carbonyl (C=O) groups excluding carboxylic acids is 1. The van der Waals surface area contributed by atoms with Crippen molar-refractivity contribution in [1.82, 2.24) is 15.2 Å². The molecule has 1 fully saturated rings. The Morgan fingerprint density at radius 1 is 1.55 bits per heavy atom. The second-order valence-corrected chi connectivity index (χ2v) is 6.73. The number of hydrogen-bond acceptors (Lipinski definition) is 3. The van der Waals surface area contributed by atoms with Crippen LogP contribution in [0.2, 0.25) is 0 Å². The maximum Gasteiger partial charge on any atom is 0.317 e. The van der Waals surface area contributed by atoms with E-state index in [4.69, 9.17) is 0 Å². The number of rotatable bonds is 6. The highest BCUT2D eigenvalue weighted by molar-refractivity contribution is 7.09. The Labute approximate surface area is 125 Å². The Morgan fingerprint density at radius 2 is 2.30 bits per heavy atom. The first-order valence-corrected chi connectivity index (χ1v) is 8.45. The molecular weight excluding hydrogens is 270 g/mol. The topological polar surface area (TPSA) is 45.2 Å². The summed E-state index contributed by atoms with van der Waals surface area (Å²) in [7, 11) is 0. The minimum Gasteiger partial charge on any atom is -0.332 e. The van der Waals surface area contributed by atoms with Gasteiger partial charge in [-0.25, -0.2) is 9.78 Å². The fourth-order valence-corrected chi connectivity index (χ4v) is 3.09. The van der Waals surface area contributed by atoms with Gasteiger partial charge in [0, 0.05) is 18.0 Å². The molecule has 0 aliphatic heterocycles. The molecule has 112 valence electrons. The quantitative estimate of drug-likeness (QED) is 0.874. The predicted octanol–water partition coefficient (Wildman–Crippen LogP) is 3.43. The number of nitrogens with one attached hydrogen (secondary N) is 1. The van der Waals surface area contributed by atoms with Gasteiger partial charge in [-0.3, -0.25) is 0 Å². The maximum atomic E-state index is 12.3. The van der Waals surface area contributed by atoms with Crippen LogP contribution in [0.3, 0.4) is 0 Å². The molecule has 1 aromatic rings. The first kappa shape index (κ1) is 15.3. The van der Waals surface area contributed by atoms with E-state index in [-0.39, 0.29) is 12.1 Å². The van der Waals surface area contributed by atoms with E-state index in [0.29, 0.717) is 12.5 Å². The molecule has 0 spiro atoms. The third kappa shape index (κ3) is 3.95. The lowest BCUT2D eigenvalue weighted by molar-refractivity contribution is 0.150. The minimum absolute atomic E-state index is 0.0398. The van der Waals surface area contributed by atoms with E-state index in [2.05, 4.69) is 31.1 Å². The number of urea groups is 1. The molecule has 1 aliphatic carbocycles. The number of nitrogens with zero attached hydrogens (tertiary/aromatic N) is 2. The van der Waals surface area contributed by atoms with Gasteiger partial charge in [-0.05, 0) is 39.0 Å². The molecule has 1 heterocycles. The van der Waals surface area contributed by atoms with Crippen molar-refractivity contribution in [1.29, 1.82) is 0 Å². The molecule has 0 aromatic carbocycles. The standard InChI is InChI=1S/C15H25N3OS/c1-4-14-17-13(10-20-14)8-16-15(19)18(11(2)3)9-12-6-5-7-12/h10-12H,4-9H2,1-3H3,(H,16,19). The van der Waals surface area contributed by atoms with Crippen LogP contribution in [0, 0.1) is 5.92 Å². The van der Waals surface area contributed by atoms with Crippen LogP contribution in [-0.4, -0.2) is 28.5 Å². The average molecular weight is 295 g/mol. The summed E-state index contributed by atoms with van der Waals surface area (Å²) in [5.41, 5.74) is 0.965. The predicted molar refractivity (Wildman–Crippen MR) is 82.9 cm³/mol. The Kier molecular flexibility index (Phi) is 5.40. The van der Waals surface area contributed by atoms with Crippen LogP contribution in [0.15, 0.2) is 5.38 Å². The monoisotopic (exact) mass is 295 g/mol. The van der Waals surface area contributed by atoms with E-state index in [0.717, 1.165) is 23.7 Å². The summed E-state index contributed by atoms with van der Waals surface area (Å²) in [6, 6.07) is 0.287. The average Bonchev–Trinajstić information content (AvgIpc) is 2.82. The Bertz CT molecular complexity index is 440. The smallest absolute Gasteiger partial charge is 0.317 e. The number of thiazole rings is 1. The fraction of sp³-hybridized carbons (Fsp3) is 0.733. The Morgan fingerprint density at radius 3 is 2.80 bits per heavy atom. The summed E-state index contributed by atoms with van der Waals surface area (Å²) >= 11 is 1.66. The second kappa shape index (κ2) is 7.07. The zero-order valence-corrected chi connectivity index (χ0v) is 13.5. The molecule has 5 heteroatoms. The van der Waals surface area contributed by atoms with Gasteiger partial charge >= 0.3 is 6.03 Å². The third-order valence-electron chi connectivity index (χ3n) is 3.89. The SMILES string of the molecule is CCc1nc(CNC(=O)N(CC2CCC2)C(C)C)cs1. The molecular formula is C15H25N3OS. The molecule has 0 bridgehead atoms. The van der Waals surface area contributed by atoms with E-state index >= 15 is 0 Å². The summed E-state index contributed by atoms with van der Waals surface area (Å²) in [5.74, 6) is 0.703. The van der Waals surface area contributed by atoms with E-state index in [1.807, 2.05) is 10.3 Å². The lowest BCUT2D eigenvalue weighted by atomic mass is 9.85. The number of carbonyl (C=O) groups is 1. The van der Waals surface area contributed by atoms with Crippen molar-refractivity contribution >= 4 is 17.4 Å². The largest absolute Gasteiger partial charge is 0.332 e. The number of hydrogen-bond donors (Lipinski definition) is 1. The summed E-state index contributed by atoms with van der Waals surface area (Å²) in [6.45, 7) is 7.68. The fourth-order valence-electron chi connectivity index (χ4n) is 2.34. The van der Waals surface area contributed by atoms with Gasteiger partial charge < -0.3 is 10.2 Å². The van der Waals surface area contributed by atoms with E-state index < -0.39 is 0 Å². The van der Waals surface area contributed by atoms with Crippen molar-refractivity contribution in [3.05, 3.63) is 16.1 Å². The maximum absolute atomic E-state index is 12.3. The molecule has 2 rings (SSSR count). The van der Waals surface area contributed by atoms with Crippen molar-refractivity contribution in [3.63, 3.8) is 0 Å². The van der Waals surface area contributed by atoms with Gasteiger partial charge in [0.1, 0.15) is 0 Å². The third-order valence-corrected chi connectivity index (χ3v) is 4.93. The van der Waals surface area contributed by atoms with Crippen molar-refractivity contribution in [2.75, 3.05) is 6.54 Å². The summed E-state index contributed by atoms with van der Waals surface area (Å²) in [5, 5.41) is 6.16. The van der Waals surface area contributed by atoms with Gasteiger partial charge in [0.2, 0.25) is 0 Å². The summed E-state index contributed by atoms with van der Waals surface area (Å²) in [4.78, 5) is 18.7. The van der Waals surface area contributed by atoms with Gasteiger partial charge in [-0.15, -0.1) is 11.3 Å². The zero-order valence-electron chi connectivity index (χ0n) is 12.7. The lowest BCUT2D eigenvalue weighted by Crippen LogP contribution is -2.46. The highest BCUT2D eigenvalue weighted by Gasteiger charge is 2.25. The highest BCUT2D eigenvalue weighted by Crippen LogP contribution is 2.27. The Hall–Kier alpha value is -1.10. The second-order valence-electron chi connectivity index (χ2n) is 5.79. The molecule has 1 aliphatic rings. The number of aromatic nitrogens is 1. The van der Waals surface area contributed by atoms with Crippen molar-refractivity contribution in [2.24, 2.45) is 5.92 Å². The van der Waals surface area contributed by atoms with Crippen molar-refractivity contribution in [2.45, 2.75) is 59.0 Å². The minimum atomic E-state index is 0.0398. The zero-order chi connectivity index (χ0) is 14.5. The van der Waals surface area contributed by atoms with Gasteiger partial charge in [0.15, 0.2) is 0 Å². The first-order valence-electron chi connectivity index (χ1n) is 7.58. The summed E-state index contributed by atoms with van der Waals surface area (Å²) < 4.78 is 0. The van der Waals surface area contributed by atoms with Crippen LogP contribution in [-0.2, 0) is 13.0 Å². The molecule has 1 N–H and O–H groups in total. The van der Waals surface area contributed by atoms with Crippen LogP contribution < -0.4 is 5.32 Å². The van der Waals surface area contributed by atoms with Crippen LogP contribution in [0.25, 0.3) is 0 Å². The first-order chi connectivity index (χ1) is 9.60. The summed E-state index contributed by atoms with van der Waals surface area (Å²) in [6.07, 6.45) is 4.81. The number of aryl methyl sites for hydroxylation is 1. The van der Waals surface area contributed by atoms with Gasteiger partial charge in [-0.1, -0.05) is 13.3 Å². The van der Waals surface area contributed by atoms with Gasteiger partial charge in [0.25, 0.3) is 0 Å². The van der Waals surface area contributed by atoms with Crippen LogP contribution in [0.5, 0.6) is 0 Å². The number of amides is 2. The van der Waals surface area contributed by atoms with Crippen molar-refractivity contribution < 1.29 is 4.79 Å². The van der Waals surface area contributed by atoms with E-state index in [9.17, 15) is 4.79 Å². The van der Waals surface area contributed by atoms with E-state index in [1.165, 1.54) is 19.3 Å². The molecule has 1 aromatic heterocycles. The molecule has 0 saturated heterocycles. The van der Waals surface area contributed by atoms with Gasteiger partial charge in [-0.2, -0.15) is 0 Å². The molecule has 0 atom stereocenters. The van der Waals surface area contributed by atoms with Gasteiger partial charge in [0.05, 0.1) is 17.2 Å². The molecule has 20 heavy (non-hydrogen) atoms. The lowest BCUT2D eigenvalue weighted by Gasteiger charge is -2.34. The van der Waals surface area contributed by atoms with Crippen LogP contribution in [0.4, 0.5) is 4.79 Å².